The lowest BCUT2D eigenvalue weighted by atomic mass is 9.96. The average Bonchev–Trinajstić information content (AvgIpc) is 2.70. The van der Waals surface area contributed by atoms with Crippen LogP contribution in [0.1, 0.15) is 24.8 Å². The molecule has 7 heteroatoms. The molecule has 0 saturated carbocycles. The maximum atomic E-state index is 12.9. The van der Waals surface area contributed by atoms with Gasteiger partial charge in [0.15, 0.2) is 0 Å². The first kappa shape index (κ1) is 19.9. The summed E-state index contributed by atoms with van der Waals surface area (Å²) >= 11 is 0. The summed E-state index contributed by atoms with van der Waals surface area (Å²) in [4.78, 5) is 30.8. The predicted molar refractivity (Wildman–Crippen MR) is 106 cm³/mol. The summed E-state index contributed by atoms with van der Waals surface area (Å²) in [5.74, 6) is 0.118. The molecule has 1 aliphatic heterocycles. The summed E-state index contributed by atoms with van der Waals surface area (Å²) in [7, 11) is 0. The van der Waals surface area contributed by atoms with Crippen LogP contribution >= 0.6 is 0 Å². The lowest BCUT2D eigenvalue weighted by Crippen LogP contribution is -2.39. The van der Waals surface area contributed by atoms with E-state index in [1.54, 1.807) is 18.3 Å². The van der Waals surface area contributed by atoms with E-state index in [2.05, 4.69) is 20.5 Å². The zero-order valence-electron chi connectivity index (χ0n) is 16.0. The molecule has 2 N–H and O–H groups in total. The van der Waals surface area contributed by atoms with Crippen molar-refractivity contribution in [2.24, 2.45) is 5.92 Å². The van der Waals surface area contributed by atoms with Crippen molar-refractivity contribution in [1.82, 2.24) is 9.88 Å². The minimum absolute atomic E-state index is 0.00468. The number of carbonyl (C=O) groups excluding carboxylic acids is 2. The van der Waals surface area contributed by atoms with Gasteiger partial charge in [-0.3, -0.25) is 9.59 Å². The van der Waals surface area contributed by atoms with Crippen LogP contribution < -0.4 is 10.6 Å². The molecule has 1 aromatic heterocycles. The molecule has 0 spiro atoms. The second-order valence-corrected chi connectivity index (χ2v) is 7.13. The van der Waals surface area contributed by atoms with Crippen molar-refractivity contribution in [3.05, 3.63) is 54.0 Å². The highest BCUT2D eigenvalue weighted by atomic mass is 19.1. The first-order valence-electron chi connectivity index (χ1n) is 9.51. The van der Waals surface area contributed by atoms with Crippen LogP contribution in [-0.2, 0) is 9.59 Å². The van der Waals surface area contributed by atoms with Crippen molar-refractivity contribution in [1.29, 1.82) is 0 Å². The minimum atomic E-state index is -0.330. The number of benzene rings is 1. The quantitative estimate of drug-likeness (QED) is 0.802. The molecule has 0 radical (unpaired) electrons. The highest BCUT2D eigenvalue weighted by Gasteiger charge is 2.25. The number of halogens is 1. The molecule has 2 aromatic rings. The van der Waals surface area contributed by atoms with Crippen molar-refractivity contribution in [3.8, 4) is 0 Å². The number of hydrogen-bond acceptors (Lipinski definition) is 4. The van der Waals surface area contributed by atoms with Gasteiger partial charge in [-0.25, -0.2) is 9.37 Å². The molecule has 148 valence electrons. The normalized spacial score (nSPS) is 15.2. The van der Waals surface area contributed by atoms with E-state index in [9.17, 15) is 14.0 Å². The molecule has 1 aromatic carbocycles. The number of nitrogens with zero attached hydrogens (tertiary/aromatic N) is 2. The van der Waals surface area contributed by atoms with Gasteiger partial charge in [0.2, 0.25) is 11.8 Å². The second kappa shape index (κ2) is 9.41. The van der Waals surface area contributed by atoms with Gasteiger partial charge in [0, 0.05) is 30.8 Å². The third kappa shape index (κ3) is 5.85. The van der Waals surface area contributed by atoms with Gasteiger partial charge in [0.05, 0.1) is 0 Å². The second-order valence-electron chi connectivity index (χ2n) is 7.13. The van der Waals surface area contributed by atoms with Gasteiger partial charge in [-0.2, -0.15) is 0 Å². The molecule has 2 heterocycles. The maximum Gasteiger partial charge on any atom is 0.228 e. The van der Waals surface area contributed by atoms with Gasteiger partial charge in [-0.05, 0) is 68.8 Å². The highest BCUT2D eigenvalue weighted by Crippen LogP contribution is 2.19. The molecule has 0 aliphatic carbocycles. The van der Waals surface area contributed by atoms with Gasteiger partial charge in [-0.1, -0.05) is 6.07 Å². The van der Waals surface area contributed by atoms with Crippen LogP contribution in [0.2, 0.25) is 0 Å². The summed E-state index contributed by atoms with van der Waals surface area (Å²) in [6, 6.07) is 9.44. The molecule has 1 fully saturated rings. The molecule has 0 atom stereocenters. The van der Waals surface area contributed by atoms with Crippen LogP contribution in [-0.4, -0.2) is 41.3 Å². The fourth-order valence-corrected chi connectivity index (χ4v) is 3.21. The standard InChI is InChI=1S/C21H25FN4O2/c1-15-2-7-19(23-14-15)25-21(28)16-8-11-26(12-9-16)13-10-20(27)24-18-5-3-17(22)4-6-18/h2-7,14,16H,8-13H2,1H3,(H,24,27)(H,23,25,28). The van der Waals surface area contributed by atoms with Crippen molar-refractivity contribution in [2.45, 2.75) is 26.2 Å². The number of hydrogen-bond donors (Lipinski definition) is 2. The minimum Gasteiger partial charge on any atom is -0.326 e. The Hall–Kier alpha value is -2.80. The fraction of sp³-hybridized carbons (Fsp3) is 0.381. The first-order chi connectivity index (χ1) is 13.5. The number of pyridine rings is 1. The van der Waals surface area contributed by atoms with Crippen LogP contribution in [0.3, 0.4) is 0 Å². The molecule has 0 bridgehead atoms. The number of likely N-dealkylation sites (tertiary alicyclic amines) is 1. The Kier molecular flexibility index (Phi) is 6.71. The van der Waals surface area contributed by atoms with Crippen molar-refractivity contribution in [3.63, 3.8) is 0 Å². The van der Waals surface area contributed by atoms with Gasteiger partial charge in [-0.15, -0.1) is 0 Å². The monoisotopic (exact) mass is 384 g/mol. The summed E-state index contributed by atoms with van der Waals surface area (Å²) in [6.07, 6.45) is 3.62. The van der Waals surface area contributed by atoms with E-state index >= 15 is 0 Å². The summed E-state index contributed by atoms with van der Waals surface area (Å²) < 4.78 is 12.9. The first-order valence-corrected chi connectivity index (χ1v) is 9.51. The van der Waals surface area contributed by atoms with Crippen molar-refractivity contribution < 1.29 is 14.0 Å². The smallest absolute Gasteiger partial charge is 0.228 e. The highest BCUT2D eigenvalue weighted by molar-refractivity contribution is 5.92. The third-order valence-electron chi connectivity index (χ3n) is 4.90. The Morgan fingerprint density at radius 1 is 1.11 bits per heavy atom. The van der Waals surface area contributed by atoms with Crippen molar-refractivity contribution >= 4 is 23.3 Å². The van der Waals surface area contributed by atoms with Crippen molar-refractivity contribution in [2.75, 3.05) is 30.3 Å². The average molecular weight is 384 g/mol. The predicted octanol–water partition coefficient (Wildman–Crippen LogP) is 3.21. The number of nitrogens with one attached hydrogen (secondary N) is 2. The van der Waals surface area contributed by atoms with Gasteiger partial charge < -0.3 is 15.5 Å². The number of rotatable bonds is 6. The number of aromatic nitrogens is 1. The van der Waals surface area contributed by atoms with Gasteiger partial charge >= 0.3 is 0 Å². The SMILES string of the molecule is Cc1ccc(NC(=O)C2CCN(CCC(=O)Nc3ccc(F)cc3)CC2)nc1. The lowest BCUT2D eigenvalue weighted by molar-refractivity contribution is -0.121. The van der Waals surface area contributed by atoms with Crippen LogP contribution in [0.5, 0.6) is 0 Å². The molecule has 28 heavy (non-hydrogen) atoms. The van der Waals surface area contributed by atoms with E-state index in [0.717, 1.165) is 31.5 Å². The molecule has 1 aliphatic rings. The van der Waals surface area contributed by atoms with Gasteiger partial charge in [0.1, 0.15) is 11.6 Å². The van der Waals surface area contributed by atoms with Crippen LogP contribution in [0, 0.1) is 18.7 Å². The van der Waals surface area contributed by atoms with E-state index < -0.39 is 0 Å². The van der Waals surface area contributed by atoms with E-state index in [-0.39, 0.29) is 23.5 Å². The van der Waals surface area contributed by atoms with Crippen LogP contribution in [0.15, 0.2) is 42.6 Å². The molecular weight excluding hydrogens is 359 g/mol. The number of aryl methyl sites for hydroxylation is 1. The zero-order valence-corrected chi connectivity index (χ0v) is 16.0. The molecule has 3 rings (SSSR count). The maximum absolute atomic E-state index is 12.9. The number of carbonyl (C=O) groups is 2. The van der Waals surface area contributed by atoms with Crippen LogP contribution in [0.25, 0.3) is 0 Å². The summed E-state index contributed by atoms with van der Waals surface area (Å²) in [5, 5.41) is 5.64. The van der Waals surface area contributed by atoms with E-state index in [0.29, 0.717) is 24.5 Å². The molecule has 1 saturated heterocycles. The Morgan fingerprint density at radius 2 is 1.82 bits per heavy atom. The summed E-state index contributed by atoms with van der Waals surface area (Å²) in [5.41, 5.74) is 1.64. The topological polar surface area (TPSA) is 74.3 Å². The Bertz CT molecular complexity index is 800. The number of piperidine rings is 1. The molecule has 2 amide bonds. The van der Waals surface area contributed by atoms with Gasteiger partial charge in [0.25, 0.3) is 0 Å². The Balaban J connectivity index is 1.37. The number of anilines is 2. The lowest BCUT2D eigenvalue weighted by Gasteiger charge is -2.31. The Morgan fingerprint density at radius 3 is 2.46 bits per heavy atom. The zero-order chi connectivity index (χ0) is 19.9. The third-order valence-corrected chi connectivity index (χ3v) is 4.90. The number of amides is 2. The fourth-order valence-electron chi connectivity index (χ4n) is 3.21. The molecule has 0 unspecified atom stereocenters. The van der Waals surface area contributed by atoms with E-state index in [1.807, 2.05) is 19.1 Å². The Labute approximate surface area is 164 Å². The molecule has 6 nitrogen and oxygen atoms in total. The largest absolute Gasteiger partial charge is 0.326 e. The molecular formula is C21H25FN4O2. The van der Waals surface area contributed by atoms with E-state index in [1.165, 1.54) is 12.1 Å². The van der Waals surface area contributed by atoms with Crippen LogP contribution in [0.4, 0.5) is 15.9 Å². The van der Waals surface area contributed by atoms with E-state index in [4.69, 9.17) is 0 Å². The summed E-state index contributed by atoms with van der Waals surface area (Å²) in [6.45, 7) is 4.15.